The van der Waals surface area contributed by atoms with Crippen LogP contribution in [0.1, 0.15) is 45.7 Å². The molecule has 0 saturated carbocycles. The van der Waals surface area contributed by atoms with Crippen molar-refractivity contribution in [2.45, 2.75) is 37.5 Å². The molecule has 1 amide bonds. The van der Waals surface area contributed by atoms with Crippen LogP contribution in [-0.2, 0) is 22.9 Å². The van der Waals surface area contributed by atoms with E-state index in [1.807, 2.05) is 48.2 Å². The van der Waals surface area contributed by atoms with Gasteiger partial charge in [0.2, 0.25) is 16.0 Å². The number of aromatic nitrogens is 2. The second-order valence-corrected chi connectivity index (χ2v) is 10.3. The van der Waals surface area contributed by atoms with Crippen molar-refractivity contribution in [3.8, 4) is 0 Å². The van der Waals surface area contributed by atoms with Crippen molar-refractivity contribution < 1.29 is 13.2 Å². The molecular formula is C26H29N5O3S. The molecule has 4 rings (SSSR count). The summed E-state index contributed by atoms with van der Waals surface area (Å²) >= 11 is 0. The minimum atomic E-state index is -3.69. The summed E-state index contributed by atoms with van der Waals surface area (Å²) in [6.45, 7) is 3.14. The van der Waals surface area contributed by atoms with E-state index in [1.54, 1.807) is 12.1 Å². The van der Waals surface area contributed by atoms with Crippen LogP contribution in [0.3, 0.4) is 0 Å². The Balaban J connectivity index is 1.37. The lowest BCUT2D eigenvalue weighted by Crippen LogP contribution is -2.34. The molecule has 3 aromatic rings. The van der Waals surface area contributed by atoms with Crippen LogP contribution >= 0.6 is 0 Å². The molecule has 1 aliphatic heterocycles. The van der Waals surface area contributed by atoms with Gasteiger partial charge in [-0.3, -0.25) is 4.79 Å². The molecule has 8 nitrogen and oxygen atoms in total. The molecule has 0 saturated heterocycles. The standard InChI is InChI=1S/C26H29N5O3S/c1-18-5-9-21(10-6-18)25(32)31-15-13-20(14-16-31)24-17-22(29-26(27)30-24)4-2-3-19-7-11-23(12-8-19)35(28,33)34/h5-13,17H,2-4,14-16H2,1H3,(H2,27,29,30)(H2,28,33,34). The van der Waals surface area contributed by atoms with Gasteiger partial charge in [-0.2, -0.15) is 0 Å². The molecular weight excluding hydrogens is 462 g/mol. The fourth-order valence-electron chi connectivity index (χ4n) is 4.09. The number of carbonyl (C=O) groups excluding carboxylic acids is 1. The summed E-state index contributed by atoms with van der Waals surface area (Å²) in [5, 5.41) is 5.15. The van der Waals surface area contributed by atoms with Crippen molar-refractivity contribution in [2.24, 2.45) is 5.14 Å². The van der Waals surface area contributed by atoms with Gasteiger partial charge in [-0.25, -0.2) is 23.5 Å². The zero-order valence-electron chi connectivity index (χ0n) is 19.6. The Morgan fingerprint density at radius 3 is 2.37 bits per heavy atom. The van der Waals surface area contributed by atoms with Gasteiger partial charge in [0.15, 0.2) is 0 Å². The Hall–Kier alpha value is -3.56. The lowest BCUT2D eigenvalue weighted by atomic mass is 10.0. The first-order valence-corrected chi connectivity index (χ1v) is 13.0. The van der Waals surface area contributed by atoms with Gasteiger partial charge < -0.3 is 10.6 Å². The SMILES string of the molecule is Cc1ccc(C(=O)N2CC=C(c3cc(CCCc4ccc(S(N)(=O)=O)cc4)nc(N)n3)CC2)cc1. The van der Waals surface area contributed by atoms with Crippen LogP contribution < -0.4 is 10.9 Å². The number of benzene rings is 2. The van der Waals surface area contributed by atoms with Crippen LogP contribution in [-0.4, -0.2) is 42.3 Å². The van der Waals surface area contributed by atoms with E-state index in [1.165, 1.54) is 12.1 Å². The van der Waals surface area contributed by atoms with E-state index in [0.717, 1.165) is 40.9 Å². The summed E-state index contributed by atoms with van der Waals surface area (Å²) in [6, 6.07) is 16.2. The second kappa shape index (κ2) is 10.4. The highest BCUT2D eigenvalue weighted by atomic mass is 32.2. The van der Waals surface area contributed by atoms with Crippen molar-refractivity contribution in [3.05, 3.63) is 88.8 Å². The molecule has 0 unspecified atom stereocenters. The van der Waals surface area contributed by atoms with Gasteiger partial charge in [0, 0.05) is 24.3 Å². The van der Waals surface area contributed by atoms with E-state index in [-0.39, 0.29) is 16.8 Å². The van der Waals surface area contributed by atoms with E-state index >= 15 is 0 Å². The molecule has 1 aliphatic rings. The van der Waals surface area contributed by atoms with Crippen LogP contribution in [0.15, 0.2) is 65.6 Å². The van der Waals surface area contributed by atoms with Crippen LogP contribution in [0.2, 0.25) is 0 Å². The minimum Gasteiger partial charge on any atom is -0.368 e. The molecule has 1 aromatic heterocycles. The lowest BCUT2D eigenvalue weighted by Gasteiger charge is -2.26. The van der Waals surface area contributed by atoms with Crippen molar-refractivity contribution in [2.75, 3.05) is 18.8 Å². The number of amides is 1. The predicted octanol–water partition coefficient (Wildman–Crippen LogP) is 3.12. The second-order valence-electron chi connectivity index (χ2n) is 8.74. The molecule has 2 aromatic carbocycles. The zero-order chi connectivity index (χ0) is 25.0. The van der Waals surface area contributed by atoms with Gasteiger partial charge in [-0.1, -0.05) is 35.9 Å². The van der Waals surface area contributed by atoms with Crippen molar-refractivity contribution >= 4 is 27.5 Å². The molecule has 4 N–H and O–H groups in total. The van der Waals surface area contributed by atoms with E-state index in [4.69, 9.17) is 10.9 Å². The highest BCUT2D eigenvalue weighted by Gasteiger charge is 2.20. The third kappa shape index (κ3) is 6.32. The molecule has 0 fully saturated rings. The summed E-state index contributed by atoms with van der Waals surface area (Å²) in [5.41, 5.74) is 11.5. The molecule has 2 heterocycles. The number of anilines is 1. The predicted molar refractivity (Wildman–Crippen MR) is 136 cm³/mol. The highest BCUT2D eigenvalue weighted by molar-refractivity contribution is 7.89. The molecule has 0 radical (unpaired) electrons. The van der Waals surface area contributed by atoms with Crippen LogP contribution in [0.5, 0.6) is 0 Å². The number of hydrogen-bond acceptors (Lipinski definition) is 6. The Labute approximate surface area is 205 Å². The van der Waals surface area contributed by atoms with E-state index in [0.29, 0.717) is 31.5 Å². The monoisotopic (exact) mass is 491 g/mol. The molecule has 182 valence electrons. The largest absolute Gasteiger partial charge is 0.368 e. The zero-order valence-corrected chi connectivity index (χ0v) is 20.5. The number of nitrogen functional groups attached to an aromatic ring is 1. The normalized spacial score (nSPS) is 14.0. The number of sulfonamides is 1. The fourth-order valence-corrected chi connectivity index (χ4v) is 4.61. The topological polar surface area (TPSA) is 132 Å². The summed E-state index contributed by atoms with van der Waals surface area (Å²) in [4.78, 5) is 23.5. The lowest BCUT2D eigenvalue weighted by molar-refractivity contribution is 0.0773. The Bertz CT molecular complexity index is 1350. The number of nitrogens with zero attached hydrogens (tertiary/aromatic N) is 3. The first-order valence-electron chi connectivity index (χ1n) is 11.5. The number of rotatable bonds is 7. The number of hydrogen-bond donors (Lipinski definition) is 2. The van der Waals surface area contributed by atoms with Gasteiger partial charge in [-0.15, -0.1) is 0 Å². The average molecular weight is 492 g/mol. The van der Waals surface area contributed by atoms with Gasteiger partial charge >= 0.3 is 0 Å². The van der Waals surface area contributed by atoms with Crippen molar-refractivity contribution in [1.82, 2.24) is 14.9 Å². The van der Waals surface area contributed by atoms with E-state index < -0.39 is 10.0 Å². The quantitative estimate of drug-likeness (QED) is 0.522. The van der Waals surface area contributed by atoms with Crippen molar-refractivity contribution in [1.29, 1.82) is 0 Å². The van der Waals surface area contributed by atoms with Crippen LogP contribution in [0.4, 0.5) is 5.95 Å². The first kappa shape index (κ1) is 24.6. The third-order valence-corrected chi connectivity index (χ3v) is 7.00. The fraction of sp³-hybridized carbons (Fsp3) is 0.269. The van der Waals surface area contributed by atoms with Gasteiger partial charge in [-0.05, 0) is 74.1 Å². The highest BCUT2D eigenvalue weighted by Crippen LogP contribution is 2.23. The Morgan fingerprint density at radius 2 is 1.74 bits per heavy atom. The average Bonchev–Trinajstić information content (AvgIpc) is 2.84. The summed E-state index contributed by atoms with van der Waals surface area (Å²) in [6.07, 6.45) is 5.03. The van der Waals surface area contributed by atoms with Crippen molar-refractivity contribution in [3.63, 3.8) is 0 Å². The molecule has 9 heteroatoms. The smallest absolute Gasteiger partial charge is 0.254 e. The van der Waals surface area contributed by atoms with Gasteiger partial charge in [0.25, 0.3) is 5.91 Å². The van der Waals surface area contributed by atoms with Gasteiger partial charge in [0.1, 0.15) is 0 Å². The maximum atomic E-state index is 12.8. The minimum absolute atomic E-state index is 0.0280. The number of nitrogens with two attached hydrogens (primary N) is 2. The molecule has 0 atom stereocenters. The summed E-state index contributed by atoms with van der Waals surface area (Å²) in [7, 11) is -3.69. The van der Waals surface area contributed by atoms with E-state index in [9.17, 15) is 13.2 Å². The molecule has 0 spiro atoms. The molecule has 0 aliphatic carbocycles. The Morgan fingerprint density at radius 1 is 1.03 bits per heavy atom. The Kier molecular flexibility index (Phi) is 7.28. The summed E-state index contributed by atoms with van der Waals surface area (Å²) < 4.78 is 22.8. The maximum Gasteiger partial charge on any atom is 0.254 e. The maximum absolute atomic E-state index is 12.8. The third-order valence-electron chi connectivity index (χ3n) is 6.07. The molecule has 0 bridgehead atoms. The van der Waals surface area contributed by atoms with Crippen LogP contribution in [0, 0.1) is 6.92 Å². The number of carbonyl (C=O) groups is 1. The van der Waals surface area contributed by atoms with Crippen LogP contribution in [0.25, 0.3) is 5.57 Å². The summed E-state index contributed by atoms with van der Waals surface area (Å²) in [5.74, 6) is 0.259. The first-order chi connectivity index (χ1) is 16.7. The molecule has 35 heavy (non-hydrogen) atoms. The van der Waals surface area contributed by atoms with Gasteiger partial charge in [0.05, 0.1) is 10.6 Å². The number of aryl methyl sites for hydroxylation is 3. The number of primary sulfonamides is 1. The van der Waals surface area contributed by atoms with E-state index in [2.05, 4.69) is 9.97 Å².